The highest BCUT2D eigenvalue weighted by Gasteiger charge is 2.16. The number of benzene rings is 5. The van der Waals surface area contributed by atoms with Crippen molar-refractivity contribution < 1.29 is 0 Å². The molecule has 0 aliphatic rings. The van der Waals surface area contributed by atoms with Crippen LogP contribution in [-0.4, -0.2) is 15.0 Å². The molecule has 3 heterocycles. The quantitative estimate of drug-likeness (QED) is 0.179. The van der Waals surface area contributed by atoms with E-state index in [9.17, 15) is 0 Å². The van der Waals surface area contributed by atoms with E-state index in [1.165, 1.54) is 11.1 Å². The van der Waals surface area contributed by atoms with Crippen LogP contribution in [0.3, 0.4) is 0 Å². The molecule has 0 amide bonds. The van der Waals surface area contributed by atoms with E-state index in [4.69, 9.17) is 0 Å². The van der Waals surface area contributed by atoms with Gasteiger partial charge in [-0.25, -0.2) is 0 Å². The van der Waals surface area contributed by atoms with Crippen LogP contribution in [-0.2, 0) is 0 Å². The predicted molar refractivity (Wildman–Crippen MR) is 198 cm³/mol. The number of pyridine rings is 3. The Labute approximate surface area is 280 Å². The summed E-state index contributed by atoms with van der Waals surface area (Å²) in [5, 5.41) is 0. The summed E-state index contributed by atoms with van der Waals surface area (Å²) in [6.07, 6.45) is 9.35. The second-order valence-electron chi connectivity index (χ2n) is 11.7. The lowest BCUT2D eigenvalue weighted by Crippen LogP contribution is -1.92. The molecular formula is C45H31N3. The monoisotopic (exact) mass is 613 g/mol. The maximum Gasteiger partial charge on any atom is 0.0701 e. The lowest BCUT2D eigenvalue weighted by Gasteiger charge is -2.18. The molecular weight excluding hydrogens is 583 g/mol. The maximum absolute atomic E-state index is 4.54. The fourth-order valence-corrected chi connectivity index (χ4v) is 6.45. The SMILES string of the molecule is c1ccc(-c2ccc(-c3ccccc3-c3cc(-c4ccccc4-c4cccnc4)cc(-c4ccccc4-c4cccnc4)c3)cc2)nc1. The third-order valence-electron chi connectivity index (χ3n) is 8.75. The summed E-state index contributed by atoms with van der Waals surface area (Å²) in [7, 11) is 0. The predicted octanol–water partition coefficient (Wildman–Crippen LogP) is 11.5. The lowest BCUT2D eigenvalue weighted by atomic mass is 9.86. The van der Waals surface area contributed by atoms with Crippen molar-refractivity contribution in [3.05, 3.63) is 189 Å². The van der Waals surface area contributed by atoms with E-state index in [2.05, 4.69) is 142 Å². The van der Waals surface area contributed by atoms with Crippen LogP contribution in [0.4, 0.5) is 0 Å². The number of hydrogen-bond donors (Lipinski definition) is 0. The minimum Gasteiger partial charge on any atom is -0.264 e. The molecule has 0 fully saturated rings. The summed E-state index contributed by atoms with van der Waals surface area (Å²) < 4.78 is 0. The van der Waals surface area contributed by atoms with Crippen molar-refractivity contribution >= 4 is 0 Å². The molecule has 0 aliphatic heterocycles. The van der Waals surface area contributed by atoms with Gasteiger partial charge in [-0.15, -0.1) is 0 Å². The summed E-state index contributed by atoms with van der Waals surface area (Å²) in [5.74, 6) is 0. The van der Waals surface area contributed by atoms with Crippen LogP contribution in [0.2, 0.25) is 0 Å². The van der Waals surface area contributed by atoms with Gasteiger partial charge in [-0.05, 0) is 98.1 Å². The van der Waals surface area contributed by atoms with E-state index in [0.29, 0.717) is 0 Å². The van der Waals surface area contributed by atoms with Crippen LogP contribution in [0, 0.1) is 0 Å². The average Bonchev–Trinajstić information content (AvgIpc) is 3.19. The van der Waals surface area contributed by atoms with E-state index in [1.54, 1.807) is 0 Å². The van der Waals surface area contributed by atoms with Gasteiger partial charge in [0.05, 0.1) is 5.69 Å². The number of rotatable bonds is 7. The summed E-state index contributed by atoms with van der Waals surface area (Å²) in [4.78, 5) is 13.4. The first kappa shape index (κ1) is 29.0. The van der Waals surface area contributed by atoms with E-state index >= 15 is 0 Å². The third kappa shape index (κ3) is 5.81. The van der Waals surface area contributed by atoms with Gasteiger partial charge < -0.3 is 0 Å². The molecule has 226 valence electrons. The molecule has 0 aliphatic carbocycles. The Morgan fingerprint density at radius 1 is 0.271 bits per heavy atom. The van der Waals surface area contributed by atoms with Crippen molar-refractivity contribution in [2.24, 2.45) is 0 Å². The second kappa shape index (κ2) is 13.1. The fraction of sp³-hybridized carbons (Fsp3) is 0. The van der Waals surface area contributed by atoms with Gasteiger partial charge in [0.1, 0.15) is 0 Å². The van der Waals surface area contributed by atoms with Gasteiger partial charge in [0.15, 0.2) is 0 Å². The molecule has 0 unspecified atom stereocenters. The lowest BCUT2D eigenvalue weighted by molar-refractivity contribution is 1.33. The Hall–Kier alpha value is -6.45. The second-order valence-corrected chi connectivity index (χ2v) is 11.7. The summed E-state index contributed by atoms with van der Waals surface area (Å²) in [6.45, 7) is 0. The van der Waals surface area contributed by atoms with Gasteiger partial charge in [-0.2, -0.15) is 0 Å². The molecule has 0 N–H and O–H groups in total. The summed E-state index contributed by atoms with van der Waals surface area (Å²) in [5.41, 5.74) is 15.8. The smallest absolute Gasteiger partial charge is 0.0701 e. The molecule has 0 atom stereocenters. The Morgan fingerprint density at radius 2 is 0.667 bits per heavy atom. The Bertz CT molecular complexity index is 2210. The molecule has 8 rings (SSSR count). The van der Waals surface area contributed by atoms with Crippen molar-refractivity contribution in [3.63, 3.8) is 0 Å². The zero-order chi connectivity index (χ0) is 32.1. The maximum atomic E-state index is 4.54. The van der Waals surface area contributed by atoms with E-state index in [0.717, 1.165) is 66.9 Å². The summed E-state index contributed by atoms with van der Waals surface area (Å²) >= 11 is 0. The Morgan fingerprint density at radius 3 is 1.06 bits per heavy atom. The molecule has 5 aromatic carbocycles. The zero-order valence-electron chi connectivity index (χ0n) is 26.2. The van der Waals surface area contributed by atoms with Gasteiger partial charge >= 0.3 is 0 Å². The zero-order valence-corrected chi connectivity index (χ0v) is 26.2. The van der Waals surface area contributed by atoms with Gasteiger partial charge in [0.25, 0.3) is 0 Å². The summed E-state index contributed by atoms with van der Waals surface area (Å²) in [6, 6.07) is 55.8. The molecule has 8 aromatic rings. The first-order valence-electron chi connectivity index (χ1n) is 16.1. The van der Waals surface area contributed by atoms with Crippen LogP contribution < -0.4 is 0 Å². The molecule has 0 saturated heterocycles. The number of hydrogen-bond acceptors (Lipinski definition) is 3. The third-order valence-corrected chi connectivity index (χ3v) is 8.75. The molecule has 0 radical (unpaired) electrons. The minimum absolute atomic E-state index is 0.967. The molecule has 0 saturated carbocycles. The van der Waals surface area contributed by atoms with Crippen molar-refractivity contribution in [1.82, 2.24) is 15.0 Å². The standard InChI is InChI=1S/C45H31N3/c1-4-16-42(39(13-1)32-20-22-33(23-21-32)45-19-7-8-26-48-45)36-27-37(43-17-5-2-14-40(43)34-11-9-24-46-30-34)29-38(28-36)44-18-6-3-15-41(44)35-12-10-25-47-31-35/h1-31H. The Balaban J connectivity index is 1.33. The fourth-order valence-electron chi connectivity index (χ4n) is 6.45. The van der Waals surface area contributed by atoms with Gasteiger partial charge in [-0.3, -0.25) is 15.0 Å². The topological polar surface area (TPSA) is 38.7 Å². The van der Waals surface area contributed by atoms with Crippen LogP contribution in [0.15, 0.2) is 189 Å². The normalized spacial score (nSPS) is 10.9. The highest BCUT2D eigenvalue weighted by molar-refractivity contribution is 5.94. The van der Waals surface area contributed by atoms with Gasteiger partial charge in [0, 0.05) is 47.7 Å². The number of nitrogens with zero attached hydrogens (tertiary/aromatic N) is 3. The van der Waals surface area contributed by atoms with Gasteiger partial charge in [0.2, 0.25) is 0 Å². The molecule has 3 nitrogen and oxygen atoms in total. The molecule has 48 heavy (non-hydrogen) atoms. The van der Waals surface area contributed by atoms with E-state index in [-0.39, 0.29) is 0 Å². The van der Waals surface area contributed by atoms with Crippen LogP contribution >= 0.6 is 0 Å². The van der Waals surface area contributed by atoms with Crippen molar-refractivity contribution in [3.8, 4) is 78.0 Å². The molecule has 0 spiro atoms. The van der Waals surface area contributed by atoms with Crippen molar-refractivity contribution in [1.29, 1.82) is 0 Å². The average molecular weight is 614 g/mol. The van der Waals surface area contributed by atoms with Gasteiger partial charge in [-0.1, -0.05) is 115 Å². The minimum atomic E-state index is 0.967. The largest absolute Gasteiger partial charge is 0.264 e. The molecule has 3 heteroatoms. The first-order chi connectivity index (χ1) is 23.8. The van der Waals surface area contributed by atoms with E-state index < -0.39 is 0 Å². The Kier molecular flexibility index (Phi) is 7.92. The molecule has 3 aromatic heterocycles. The number of aromatic nitrogens is 3. The molecule has 0 bridgehead atoms. The van der Waals surface area contributed by atoms with Crippen LogP contribution in [0.1, 0.15) is 0 Å². The highest BCUT2D eigenvalue weighted by Crippen LogP contribution is 2.42. The van der Waals surface area contributed by atoms with E-state index in [1.807, 2.05) is 61.3 Å². The highest BCUT2D eigenvalue weighted by atomic mass is 14.7. The van der Waals surface area contributed by atoms with Crippen molar-refractivity contribution in [2.75, 3.05) is 0 Å². The van der Waals surface area contributed by atoms with Crippen LogP contribution in [0.5, 0.6) is 0 Å². The first-order valence-corrected chi connectivity index (χ1v) is 16.1. The van der Waals surface area contributed by atoms with Crippen molar-refractivity contribution in [2.45, 2.75) is 0 Å². The van der Waals surface area contributed by atoms with Crippen LogP contribution in [0.25, 0.3) is 78.0 Å².